The van der Waals surface area contributed by atoms with Gasteiger partial charge in [-0.15, -0.1) is 11.3 Å². The van der Waals surface area contributed by atoms with Gasteiger partial charge in [-0.3, -0.25) is 20.4 Å². The molecule has 0 spiro atoms. The summed E-state index contributed by atoms with van der Waals surface area (Å²) in [6.45, 7) is 3.66. The Balaban J connectivity index is 1.45. The highest BCUT2D eigenvalue weighted by atomic mass is 32.1. The summed E-state index contributed by atoms with van der Waals surface area (Å²) in [5, 5.41) is 0. The van der Waals surface area contributed by atoms with E-state index < -0.39 is 24.4 Å². The van der Waals surface area contributed by atoms with Crippen LogP contribution in [0.3, 0.4) is 0 Å². The molecule has 2 amide bonds. The first-order valence-electron chi connectivity index (χ1n) is 9.40. The Bertz CT molecular complexity index is 873. The first-order valence-corrected chi connectivity index (χ1v) is 10.2. The van der Waals surface area contributed by atoms with Gasteiger partial charge in [-0.05, 0) is 55.9 Å². The molecule has 3 rings (SSSR count). The summed E-state index contributed by atoms with van der Waals surface area (Å²) in [4.78, 5) is 37.8. The highest BCUT2D eigenvalue weighted by molar-refractivity contribution is 7.14. The van der Waals surface area contributed by atoms with E-state index in [1.54, 1.807) is 12.1 Å². The lowest BCUT2D eigenvalue weighted by Crippen LogP contribution is -2.43. The fourth-order valence-corrected chi connectivity index (χ4v) is 4.29. The Labute approximate surface area is 168 Å². The summed E-state index contributed by atoms with van der Waals surface area (Å²) in [5.74, 6) is -0.862. The van der Waals surface area contributed by atoms with Crippen LogP contribution in [0.1, 0.15) is 55.8 Å². The van der Waals surface area contributed by atoms with Gasteiger partial charge in [-0.2, -0.15) is 0 Å². The largest absolute Gasteiger partial charge is 0.451 e. The number of benzene rings is 1. The number of nitrogens with one attached hydrogen (secondary N) is 2. The number of hydrogen-bond acceptors (Lipinski definition) is 5. The van der Waals surface area contributed by atoms with Crippen molar-refractivity contribution in [2.45, 2.75) is 39.5 Å². The fourth-order valence-electron chi connectivity index (χ4n) is 3.19. The van der Waals surface area contributed by atoms with Crippen molar-refractivity contribution in [2.24, 2.45) is 5.92 Å². The molecule has 0 aliphatic heterocycles. The minimum atomic E-state index is -0.596. The van der Waals surface area contributed by atoms with Gasteiger partial charge in [0.25, 0.3) is 11.8 Å². The van der Waals surface area contributed by atoms with E-state index in [1.165, 1.54) is 21.8 Å². The van der Waals surface area contributed by atoms with Gasteiger partial charge in [0, 0.05) is 10.4 Å². The lowest BCUT2D eigenvalue weighted by Gasteiger charge is -2.19. The number of hydrazine groups is 1. The van der Waals surface area contributed by atoms with Crippen molar-refractivity contribution in [3.63, 3.8) is 0 Å². The summed E-state index contributed by atoms with van der Waals surface area (Å²) < 4.78 is 5.08. The molecule has 0 saturated carbocycles. The van der Waals surface area contributed by atoms with E-state index in [9.17, 15) is 14.4 Å². The maximum absolute atomic E-state index is 12.2. The van der Waals surface area contributed by atoms with Crippen molar-refractivity contribution in [1.82, 2.24) is 10.9 Å². The zero-order valence-corrected chi connectivity index (χ0v) is 16.9. The second kappa shape index (κ2) is 9.01. The van der Waals surface area contributed by atoms with E-state index in [2.05, 4.69) is 17.8 Å². The third-order valence-electron chi connectivity index (χ3n) is 4.93. The monoisotopic (exact) mass is 400 g/mol. The first-order chi connectivity index (χ1) is 13.5. The third kappa shape index (κ3) is 4.98. The lowest BCUT2D eigenvalue weighted by molar-refractivity contribution is -0.125. The number of fused-ring (bicyclic) bond motifs is 1. The van der Waals surface area contributed by atoms with Gasteiger partial charge < -0.3 is 4.74 Å². The first kappa shape index (κ1) is 20.1. The summed E-state index contributed by atoms with van der Waals surface area (Å²) >= 11 is 1.45. The van der Waals surface area contributed by atoms with Gasteiger partial charge in [-0.25, -0.2) is 4.79 Å². The number of esters is 1. The molecule has 0 fully saturated rings. The molecule has 1 aromatic carbocycles. The van der Waals surface area contributed by atoms with E-state index >= 15 is 0 Å². The maximum Gasteiger partial charge on any atom is 0.348 e. The zero-order valence-electron chi connectivity index (χ0n) is 16.0. The second-order valence-electron chi connectivity index (χ2n) is 7.02. The standard InChI is InChI=1S/C21H24N2O4S/c1-3-14-6-9-17-16(10-14)11-18(28-17)21(26)27-12-19(24)22-23-20(25)15-7-4-13(2)5-8-15/h4-5,7-8,11,14H,3,6,9-10,12H2,1-2H3,(H,22,24)(H,23,25)/t14-/m0/s1. The van der Waals surface area contributed by atoms with Gasteiger partial charge >= 0.3 is 5.97 Å². The van der Waals surface area contributed by atoms with Crippen LogP contribution >= 0.6 is 11.3 Å². The van der Waals surface area contributed by atoms with Gasteiger partial charge in [0.1, 0.15) is 4.88 Å². The summed E-state index contributed by atoms with van der Waals surface area (Å²) in [6, 6.07) is 8.84. The molecule has 0 radical (unpaired) electrons. The lowest BCUT2D eigenvalue weighted by atomic mass is 9.87. The van der Waals surface area contributed by atoms with E-state index in [0.717, 1.165) is 31.2 Å². The predicted molar refractivity (Wildman–Crippen MR) is 107 cm³/mol. The van der Waals surface area contributed by atoms with Crippen LogP contribution in [-0.4, -0.2) is 24.4 Å². The molecule has 6 nitrogen and oxygen atoms in total. The number of carbonyl (C=O) groups is 3. The number of aryl methyl sites for hydroxylation is 2. The Morgan fingerprint density at radius 3 is 2.64 bits per heavy atom. The smallest absolute Gasteiger partial charge is 0.348 e. The molecule has 1 aliphatic rings. The fraction of sp³-hybridized carbons (Fsp3) is 0.381. The van der Waals surface area contributed by atoms with Crippen molar-refractivity contribution in [2.75, 3.05) is 6.61 Å². The molecular weight excluding hydrogens is 376 g/mol. The van der Waals surface area contributed by atoms with Crippen LogP contribution in [0.25, 0.3) is 0 Å². The minimum Gasteiger partial charge on any atom is -0.451 e. The van der Waals surface area contributed by atoms with Crippen LogP contribution in [-0.2, 0) is 22.4 Å². The zero-order chi connectivity index (χ0) is 20.1. The molecule has 1 heterocycles. The third-order valence-corrected chi connectivity index (χ3v) is 6.14. The molecule has 148 valence electrons. The van der Waals surface area contributed by atoms with Crippen molar-refractivity contribution in [3.05, 3.63) is 56.8 Å². The van der Waals surface area contributed by atoms with Crippen molar-refractivity contribution in [1.29, 1.82) is 0 Å². The molecule has 0 bridgehead atoms. The molecule has 28 heavy (non-hydrogen) atoms. The SMILES string of the molecule is CC[C@H]1CCc2sc(C(=O)OCC(=O)NNC(=O)c3ccc(C)cc3)cc2C1. The van der Waals surface area contributed by atoms with Crippen LogP contribution in [0.4, 0.5) is 0 Å². The molecule has 1 aliphatic carbocycles. The van der Waals surface area contributed by atoms with Crippen LogP contribution in [0.2, 0.25) is 0 Å². The number of amides is 2. The molecule has 1 aromatic heterocycles. The Morgan fingerprint density at radius 1 is 1.18 bits per heavy atom. The highest BCUT2D eigenvalue weighted by Gasteiger charge is 2.23. The van der Waals surface area contributed by atoms with Gasteiger partial charge in [0.15, 0.2) is 6.61 Å². The minimum absolute atomic E-state index is 0.428. The topological polar surface area (TPSA) is 84.5 Å². The van der Waals surface area contributed by atoms with Gasteiger partial charge in [0.2, 0.25) is 0 Å². The molecule has 2 aromatic rings. The highest BCUT2D eigenvalue weighted by Crippen LogP contribution is 2.33. The summed E-state index contributed by atoms with van der Waals surface area (Å²) in [6.07, 6.45) is 4.30. The Morgan fingerprint density at radius 2 is 1.93 bits per heavy atom. The van der Waals surface area contributed by atoms with E-state index in [1.807, 2.05) is 25.1 Å². The van der Waals surface area contributed by atoms with Crippen molar-refractivity contribution >= 4 is 29.1 Å². The van der Waals surface area contributed by atoms with Crippen LogP contribution in [0.15, 0.2) is 30.3 Å². The molecular formula is C21H24N2O4S. The quantitative estimate of drug-likeness (QED) is 0.596. The Hall–Kier alpha value is -2.67. The maximum atomic E-state index is 12.2. The van der Waals surface area contributed by atoms with E-state index in [-0.39, 0.29) is 0 Å². The molecule has 0 saturated heterocycles. The van der Waals surface area contributed by atoms with Crippen LogP contribution in [0, 0.1) is 12.8 Å². The second-order valence-corrected chi connectivity index (χ2v) is 8.16. The Kier molecular flexibility index (Phi) is 6.46. The average molecular weight is 401 g/mol. The van der Waals surface area contributed by atoms with Crippen LogP contribution < -0.4 is 10.9 Å². The molecule has 2 N–H and O–H groups in total. The number of carbonyl (C=O) groups excluding carboxylic acids is 3. The van der Waals surface area contributed by atoms with E-state index in [4.69, 9.17) is 4.74 Å². The van der Waals surface area contributed by atoms with Crippen LogP contribution in [0.5, 0.6) is 0 Å². The molecule has 1 atom stereocenters. The molecule has 0 unspecified atom stereocenters. The molecule has 7 heteroatoms. The number of ether oxygens (including phenoxy) is 1. The summed E-state index contributed by atoms with van der Waals surface area (Å²) in [7, 11) is 0. The van der Waals surface area contributed by atoms with E-state index in [0.29, 0.717) is 16.4 Å². The predicted octanol–water partition coefficient (Wildman–Crippen LogP) is 3.19. The van der Waals surface area contributed by atoms with Crippen molar-refractivity contribution in [3.8, 4) is 0 Å². The number of thiophene rings is 1. The van der Waals surface area contributed by atoms with Gasteiger partial charge in [-0.1, -0.05) is 31.0 Å². The number of hydrogen-bond donors (Lipinski definition) is 2. The normalized spacial score (nSPS) is 15.4. The summed E-state index contributed by atoms with van der Waals surface area (Å²) in [5.41, 5.74) is 7.25. The van der Waals surface area contributed by atoms with Crippen molar-refractivity contribution < 1.29 is 19.1 Å². The average Bonchev–Trinajstić information content (AvgIpc) is 3.14. The number of rotatable bonds is 5. The van der Waals surface area contributed by atoms with Gasteiger partial charge in [0.05, 0.1) is 0 Å².